The summed E-state index contributed by atoms with van der Waals surface area (Å²) in [5.74, 6) is -2.47. The summed E-state index contributed by atoms with van der Waals surface area (Å²) in [5, 5.41) is 32.5. The molecule has 3 heterocycles. The maximum atomic E-state index is 12.4. The van der Waals surface area contributed by atoms with E-state index in [0.717, 1.165) is 6.07 Å². The molecule has 17 heteroatoms. The smallest absolute Gasteiger partial charge is 0.471 e. The average molecular weight is 527 g/mol. The van der Waals surface area contributed by atoms with E-state index in [2.05, 4.69) is 15.0 Å². The highest BCUT2D eigenvalue weighted by atomic mass is 19.4. The molecule has 5 N–H and O–H groups in total. The fourth-order valence-electron chi connectivity index (χ4n) is 3.71. The van der Waals surface area contributed by atoms with Crippen molar-refractivity contribution in [2.45, 2.75) is 44.2 Å². The number of aliphatic hydroxyl groups excluding tert-OH is 2. The van der Waals surface area contributed by atoms with E-state index in [0.29, 0.717) is 0 Å². The van der Waals surface area contributed by atoms with Crippen LogP contribution in [0.2, 0.25) is 0 Å². The number of imidazole rings is 1. The molecular weight excluding hydrogens is 507 g/mol. The van der Waals surface area contributed by atoms with Crippen molar-refractivity contribution in [3.8, 4) is 5.88 Å². The summed E-state index contributed by atoms with van der Waals surface area (Å²) in [6.07, 6.45) is -5.98. The van der Waals surface area contributed by atoms with Gasteiger partial charge in [0.1, 0.15) is 18.9 Å². The van der Waals surface area contributed by atoms with Gasteiger partial charge in [0, 0.05) is 19.0 Å². The van der Waals surface area contributed by atoms with E-state index in [9.17, 15) is 38.3 Å². The summed E-state index contributed by atoms with van der Waals surface area (Å²) in [7, 11) is 0. The fourth-order valence-corrected chi connectivity index (χ4v) is 3.71. The van der Waals surface area contributed by atoms with E-state index in [1.54, 1.807) is 5.32 Å². The van der Waals surface area contributed by atoms with Crippen LogP contribution in [0.4, 0.5) is 24.8 Å². The first-order valence-corrected chi connectivity index (χ1v) is 10.7. The van der Waals surface area contributed by atoms with Crippen molar-refractivity contribution in [3.05, 3.63) is 45.8 Å². The quantitative estimate of drug-likeness (QED) is 0.237. The van der Waals surface area contributed by atoms with Gasteiger partial charge in [0.25, 0.3) is 5.69 Å². The predicted octanol–water partition coefficient (Wildman–Crippen LogP) is 0.715. The molecule has 0 saturated carbocycles. The summed E-state index contributed by atoms with van der Waals surface area (Å²) >= 11 is 0. The highest BCUT2D eigenvalue weighted by molar-refractivity contribution is 5.81. The Balaban J connectivity index is 1.54. The number of aromatic nitrogens is 4. The van der Waals surface area contributed by atoms with Crippen molar-refractivity contribution in [1.82, 2.24) is 24.8 Å². The van der Waals surface area contributed by atoms with Crippen LogP contribution in [-0.2, 0) is 22.7 Å². The van der Waals surface area contributed by atoms with E-state index in [-0.39, 0.29) is 53.8 Å². The lowest BCUT2D eigenvalue weighted by molar-refractivity contribution is -0.385. The molecule has 1 aromatic carbocycles. The van der Waals surface area contributed by atoms with E-state index in [1.807, 2.05) is 0 Å². The van der Waals surface area contributed by atoms with Crippen LogP contribution in [0, 0.1) is 10.1 Å². The van der Waals surface area contributed by atoms with E-state index in [1.165, 1.54) is 23.0 Å². The van der Waals surface area contributed by atoms with Crippen LogP contribution in [0.1, 0.15) is 23.8 Å². The molecule has 37 heavy (non-hydrogen) atoms. The Morgan fingerprint density at radius 3 is 2.78 bits per heavy atom. The van der Waals surface area contributed by atoms with Crippen LogP contribution in [0.5, 0.6) is 5.88 Å². The number of benzene rings is 1. The van der Waals surface area contributed by atoms with Crippen molar-refractivity contribution in [2.24, 2.45) is 0 Å². The summed E-state index contributed by atoms with van der Waals surface area (Å²) < 4.78 is 49.8. The number of nitrogen functional groups attached to an aromatic ring is 1. The second-order valence-electron chi connectivity index (χ2n) is 8.02. The Bertz CT molecular complexity index is 1330. The van der Waals surface area contributed by atoms with Crippen LogP contribution in [-0.4, -0.2) is 65.6 Å². The number of fused-ring (bicyclic) bond motifs is 1. The number of nitrogens with one attached hydrogen (secondary N) is 1. The zero-order valence-corrected chi connectivity index (χ0v) is 18.8. The third-order valence-corrected chi connectivity index (χ3v) is 5.52. The largest absolute Gasteiger partial charge is 0.471 e. The Hall–Kier alpha value is -4.09. The van der Waals surface area contributed by atoms with Gasteiger partial charge in [0.15, 0.2) is 11.2 Å². The molecule has 1 aliphatic rings. The molecular formula is C20H20F3N7O7. The Morgan fingerprint density at radius 2 is 2.14 bits per heavy atom. The average Bonchev–Trinajstić information content (AvgIpc) is 3.43. The van der Waals surface area contributed by atoms with E-state index in [4.69, 9.17) is 15.2 Å². The Kier molecular flexibility index (Phi) is 7.10. The fraction of sp³-hybridized carbons (Fsp3) is 0.400. The van der Waals surface area contributed by atoms with Crippen molar-refractivity contribution >= 4 is 28.7 Å². The van der Waals surface area contributed by atoms with Crippen LogP contribution in [0.3, 0.4) is 0 Å². The molecule has 0 spiro atoms. The minimum atomic E-state index is -5.08. The van der Waals surface area contributed by atoms with Crippen molar-refractivity contribution < 1.29 is 42.6 Å². The lowest BCUT2D eigenvalue weighted by atomic mass is 10.1. The molecule has 4 rings (SSSR count). The molecule has 1 aliphatic heterocycles. The van der Waals surface area contributed by atoms with E-state index < -0.39 is 47.7 Å². The third kappa shape index (κ3) is 5.52. The molecule has 2 aromatic heterocycles. The number of aliphatic hydroxyl groups is 2. The lowest BCUT2D eigenvalue weighted by Gasteiger charge is -2.14. The van der Waals surface area contributed by atoms with Gasteiger partial charge in [-0.25, -0.2) is 4.98 Å². The van der Waals surface area contributed by atoms with Gasteiger partial charge in [-0.15, -0.1) is 0 Å². The number of carbonyl (C=O) groups excluding carboxylic acids is 1. The molecule has 14 nitrogen and oxygen atoms in total. The zero-order chi connectivity index (χ0) is 26.9. The normalized spacial score (nSPS) is 19.8. The number of nitrogens with zero attached hydrogens (tertiary/aromatic N) is 5. The zero-order valence-electron chi connectivity index (χ0n) is 18.8. The highest BCUT2D eigenvalue weighted by Gasteiger charge is 2.38. The molecule has 3 aromatic rings. The van der Waals surface area contributed by atoms with Gasteiger partial charge in [0.2, 0.25) is 11.8 Å². The molecule has 1 saturated heterocycles. The number of amides is 1. The number of hydrogen-bond donors (Lipinski definition) is 4. The molecule has 1 fully saturated rings. The lowest BCUT2D eigenvalue weighted by Crippen LogP contribution is -2.36. The second-order valence-corrected chi connectivity index (χ2v) is 8.02. The Labute approximate surface area is 205 Å². The number of nitrogens with two attached hydrogens (primary N) is 1. The summed E-state index contributed by atoms with van der Waals surface area (Å²) in [4.78, 5) is 34.1. The van der Waals surface area contributed by atoms with Gasteiger partial charge in [-0.2, -0.15) is 23.1 Å². The molecule has 198 valence electrons. The predicted molar refractivity (Wildman–Crippen MR) is 117 cm³/mol. The molecule has 3 atom stereocenters. The number of carbonyl (C=O) groups is 1. The minimum absolute atomic E-state index is 0.0636. The van der Waals surface area contributed by atoms with Gasteiger partial charge in [0.05, 0.1) is 29.5 Å². The van der Waals surface area contributed by atoms with Crippen LogP contribution in [0.25, 0.3) is 11.2 Å². The first-order valence-electron chi connectivity index (χ1n) is 10.7. The summed E-state index contributed by atoms with van der Waals surface area (Å²) in [6.45, 7) is -1.34. The minimum Gasteiger partial charge on any atom is -0.471 e. The molecule has 0 radical (unpaired) electrons. The number of alkyl halides is 3. The Morgan fingerprint density at radius 1 is 1.38 bits per heavy atom. The van der Waals surface area contributed by atoms with Crippen LogP contribution >= 0.6 is 0 Å². The number of ether oxygens (including phenoxy) is 2. The maximum Gasteiger partial charge on any atom is 0.471 e. The van der Waals surface area contributed by atoms with Gasteiger partial charge in [-0.1, -0.05) is 6.07 Å². The number of nitro groups is 1. The first kappa shape index (κ1) is 26.0. The topological polar surface area (TPSA) is 201 Å². The number of anilines is 1. The molecule has 0 unspecified atom stereocenters. The number of rotatable bonds is 8. The van der Waals surface area contributed by atoms with Crippen molar-refractivity contribution in [2.75, 3.05) is 12.3 Å². The molecule has 1 amide bonds. The monoisotopic (exact) mass is 527 g/mol. The SMILES string of the molecule is Nc1nc(OCc2ccc(CNC(=O)C(F)(F)F)cc2[N+](=O)[O-])c2ncn([C@H]3C[C@@H](O)[C@@H](CO)O3)c2n1. The van der Waals surface area contributed by atoms with Gasteiger partial charge < -0.3 is 30.7 Å². The number of hydrogen-bond acceptors (Lipinski definition) is 11. The van der Waals surface area contributed by atoms with Crippen molar-refractivity contribution in [3.63, 3.8) is 0 Å². The summed E-state index contributed by atoms with van der Waals surface area (Å²) in [6, 6.07) is 3.60. The third-order valence-electron chi connectivity index (χ3n) is 5.52. The van der Waals surface area contributed by atoms with Crippen LogP contribution in [0.15, 0.2) is 24.5 Å². The van der Waals surface area contributed by atoms with E-state index >= 15 is 0 Å². The van der Waals surface area contributed by atoms with Gasteiger partial charge >= 0.3 is 12.1 Å². The summed E-state index contributed by atoms with van der Waals surface area (Å²) in [5.41, 5.74) is 5.82. The maximum absolute atomic E-state index is 12.4. The molecule has 0 bridgehead atoms. The van der Waals surface area contributed by atoms with Gasteiger partial charge in [-0.3, -0.25) is 19.5 Å². The van der Waals surface area contributed by atoms with Gasteiger partial charge in [-0.05, 0) is 11.6 Å². The van der Waals surface area contributed by atoms with Crippen molar-refractivity contribution in [1.29, 1.82) is 0 Å². The van der Waals surface area contributed by atoms with Crippen LogP contribution < -0.4 is 15.8 Å². The standard InChI is InChI=1S/C20H20F3N7O7/c21-20(22,23)18(33)25-5-9-1-2-10(11(3-9)30(34)35)7-36-17-15-16(27-19(24)28-17)29(8-26-15)14-4-12(32)13(6-31)37-14/h1-3,8,12-14,31-32H,4-7H2,(H,25,33)(H2,24,27,28)/t12-,13-,14-/m1/s1. The molecule has 0 aliphatic carbocycles. The number of nitro benzene ring substituents is 1. The first-order chi connectivity index (χ1) is 17.5. The second kappa shape index (κ2) is 10.1. The number of halogens is 3. The highest BCUT2D eigenvalue weighted by Crippen LogP contribution is 2.33.